The fourth-order valence-corrected chi connectivity index (χ4v) is 2.14. The number of hydrogen-bond acceptors (Lipinski definition) is 5. The molecule has 8 nitrogen and oxygen atoms in total. The van der Waals surface area contributed by atoms with Crippen LogP contribution in [0.15, 0.2) is 48.5 Å². The van der Waals surface area contributed by atoms with Gasteiger partial charge in [-0.25, -0.2) is 0 Å². The normalized spacial score (nSPS) is 9.85. The minimum absolute atomic E-state index is 0.336. The molecule has 0 aliphatic rings. The molecule has 3 amide bonds. The summed E-state index contributed by atoms with van der Waals surface area (Å²) in [6.07, 6.45) is 0. The van der Waals surface area contributed by atoms with Crippen LogP contribution in [-0.4, -0.2) is 38.0 Å². The molecule has 0 aliphatic carbocycles. The predicted molar refractivity (Wildman–Crippen MR) is 101 cm³/mol. The SMILES string of the molecule is CCOc1ccc(NC(=O)CNC(=O)C(=O)Nc2cccc(OC)c2)cc1. The Morgan fingerprint density at radius 3 is 2.30 bits per heavy atom. The van der Waals surface area contributed by atoms with Gasteiger partial charge in [-0.15, -0.1) is 0 Å². The average molecular weight is 371 g/mol. The summed E-state index contributed by atoms with van der Waals surface area (Å²) in [6, 6.07) is 13.4. The number of nitrogens with one attached hydrogen (secondary N) is 3. The Hall–Kier alpha value is -3.55. The molecule has 8 heteroatoms. The van der Waals surface area contributed by atoms with Gasteiger partial charge in [-0.1, -0.05) is 6.07 Å². The monoisotopic (exact) mass is 371 g/mol. The van der Waals surface area contributed by atoms with Crippen molar-refractivity contribution in [1.29, 1.82) is 0 Å². The molecule has 2 aromatic carbocycles. The number of benzene rings is 2. The van der Waals surface area contributed by atoms with Crippen molar-refractivity contribution >= 4 is 29.1 Å². The van der Waals surface area contributed by atoms with Gasteiger partial charge < -0.3 is 25.4 Å². The molecule has 0 atom stereocenters. The molecule has 2 aromatic rings. The fourth-order valence-electron chi connectivity index (χ4n) is 2.14. The number of carbonyl (C=O) groups is 3. The molecule has 0 bridgehead atoms. The molecule has 0 unspecified atom stereocenters. The van der Waals surface area contributed by atoms with E-state index in [4.69, 9.17) is 9.47 Å². The topological polar surface area (TPSA) is 106 Å². The quantitative estimate of drug-likeness (QED) is 0.644. The summed E-state index contributed by atoms with van der Waals surface area (Å²) in [6.45, 7) is 2.09. The molecule has 2 rings (SSSR count). The van der Waals surface area contributed by atoms with E-state index in [2.05, 4.69) is 16.0 Å². The molecule has 142 valence electrons. The number of hydrogen-bond donors (Lipinski definition) is 3. The minimum atomic E-state index is -0.917. The van der Waals surface area contributed by atoms with E-state index in [0.29, 0.717) is 29.5 Å². The lowest BCUT2D eigenvalue weighted by molar-refractivity contribution is -0.136. The Kier molecular flexibility index (Phi) is 7.18. The van der Waals surface area contributed by atoms with Crippen LogP contribution in [0.3, 0.4) is 0 Å². The van der Waals surface area contributed by atoms with E-state index in [0.717, 1.165) is 0 Å². The van der Waals surface area contributed by atoms with Gasteiger partial charge in [0, 0.05) is 17.4 Å². The third-order valence-electron chi connectivity index (χ3n) is 3.39. The molecule has 0 aromatic heterocycles. The van der Waals surface area contributed by atoms with Gasteiger partial charge in [0.05, 0.1) is 20.3 Å². The van der Waals surface area contributed by atoms with Crippen LogP contribution in [0, 0.1) is 0 Å². The Morgan fingerprint density at radius 1 is 0.889 bits per heavy atom. The van der Waals surface area contributed by atoms with Crippen molar-refractivity contribution in [2.24, 2.45) is 0 Å². The second kappa shape index (κ2) is 9.81. The molecule has 0 saturated carbocycles. The van der Waals surface area contributed by atoms with Crippen LogP contribution in [0.25, 0.3) is 0 Å². The highest BCUT2D eigenvalue weighted by molar-refractivity contribution is 6.39. The first-order valence-electron chi connectivity index (χ1n) is 8.27. The third-order valence-corrected chi connectivity index (χ3v) is 3.39. The molecule has 0 fully saturated rings. The maximum atomic E-state index is 11.9. The second-order valence-electron chi connectivity index (χ2n) is 5.37. The van der Waals surface area contributed by atoms with Crippen LogP contribution < -0.4 is 25.4 Å². The predicted octanol–water partition coefficient (Wildman–Crippen LogP) is 1.79. The molecular weight excluding hydrogens is 350 g/mol. The highest BCUT2D eigenvalue weighted by Crippen LogP contribution is 2.17. The Balaban J connectivity index is 1.79. The van der Waals surface area contributed by atoms with Gasteiger partial charge in [-0.05, 0) is 43.3 Å². The van der Waals surface area contributed by atoms with E-state index in [1.807, 2.05) is 6.92 Å². The van der Waals surface area contributed by atoms with Gasteiger partial charge >= 0.3 is 11.8 Å². The van der Waals surface area contributed by atoms with Gasteiger partial charge in [-0.2, -0.15) is 0 Å². The van der Waals surface area contributed by atoms with Crippen LogP contribution in [0.2, 0.25) is 0 Å². The van der Waals surface area contributed by atoms with Crippen molar-refractivity contribution in [3.63, 3.8) is 0 Å². The summed E-state index contributed by atoms with van der Waals surface area (Å²) in [5, 5.41) is 7.31. The summed E-state index contributed by atoms with van der Waals surface area (Å²) in [5.41, 5.74) is 0.965. The van der Waals surface area contributed by atoms with E-state index < -0.39 is 17.7 Å². The summed E-state index contributed by atoms with van der Waals surface area (Å²) in [7, 11) is 1.50. The van der Waals surface area contributed by atoms with Crippen molar-refractivity contribution in [1.82, 2.24) is 5.32 Å². The van der Waals surface area contributed by atoms with Gasteiger partial charge in [-0.3, -0.25) is 14.4 Å². The third kappa shape index (κ3) is 6.35. The lowest BCUT2D eigenvalue weighted by atomic mass is 10.3. The largest absolute Gasteiger partial charge is 0.497 e. The molecule has 0 heterocycles. The number of carbonyl (C=O) groups excluding carboxylic acids is 3. The van der Waals surface area contributed by atoms with Crippen LogP contribution >= 0.6 is 0 Å². The summed E-state index contributed by atoms with van der Waals surface area (Å²) >= 11 is 0. The maximum Gasteiger partial charge on any atom is 0.313 e. The summed E-state index contributed by atoms with van der Waals surface area (Å²) in [5.74, 6) is -1.01. The van der Waals surface area contributed by atoms with Crippen LogP contribution in [0.4, 0.5) is 11.4 Å². The summed E-state index contributed by atoms with van der Waals surface area (Å²) < 4.78 is 10.4. The van der Waals surface area contributed by atoms with Crippen LogP contribution in [-0.2, 0) is 14.4 Å². The van der Waals surface area contributed by atoms with Gasteiger partial charge in [0.2, 0.25) is 5.91 Å². The molecule has 0 radical (unpaired) electrons. The van der Waals surface area contributed by atoms with Gasteiger partial charge in [0.1, 0.15) is 11.5 Å². The second-order valence-corrected chi connectivity index (χ2v) is 5.37. The van der Waals surface area contributed by atoms with Crippen molar-refractivity contribution in [2.75, 3.05) is 30.9 Å². The van der Waals surface area contributed by atoms with Gasteiger partial charge in [0.15, 0.2) is 0 Å². The number of anilines is 2. The zero-order valence-electron chi connectivity index (χ0n) is 15.1. The molecular formula is C19H21N3O5. The van der Waals surface area contributed by atoms with Gasteiger partial charge in [0.25, 0.3) is 0 Å². The van der Waals surface area contributed by atoms with E-state index in [1.165, 1.54) is 7.11 Å². The van der Waals surface area contributed by atoms with E-state index in [1.54, 1.807) is 48.5 Å². The van der Waals surface area contributed by atoms with Crippen molar-refractivity contribution in [3.05, 3.63) is 48.5 Å². The lowest BCUT2D eigenvalue weighted by Crippen LogP contribution is -2.39. The number of rotatable bonds is 7. The van der Waals surface area contributed by atoms with Crippen molar-refractivity contribution in [2.45, 2.75) is 6.92 Å². The average Bonchev–Trinajstić information content (AvgIpc) is 2.68. The Bertz CT molecular complexity index is 805. The smallest absolute Gasteiger partial charge is 0.313 e. The highest BCUT2D eigenvalue weighted by Gasteiger charge is 2.15. The number of ether oxygens (including phenoxy) is 2. The lowest BCUT2D eigenvalue weighted by Gasteiger charge is -2.09. The Labute approximate surface area is 156 Å². The number of amides is 3. The van der Waals surface area contributed by atoms with Crippen LogP contribution in [0.5, 0.6) is 11.5 Å². The van der Waals surface area contributed by atoms with E-state index in [-0.39, 0.29) is 6.54 Å². The molecule has 3 N–H and O–H groups in total. The van der Waals surface area contributed by atoms with Crippen LogP contribution in [0.1, 0.15) is 6.92 Å². The van der Waals surface area contributed by atoms with Crippen molar-refractivity contribution < 1.29 is 23.9 Å². The zero-order valence-corrected chi connectivity index (χ0v) is 15.1. The van der Waals surface area contributed by atoms with E-state index >= 15 is 0 Å². The molecule has 0 saturated heterocycles. The zero-order chi connectivity index (χ0) is 19.6. The van der Waals surface area contributed by atoms with E-state index in [9.17, 15) is 14.4 Å². The standard InChI is InChI=1S/C19H21N3O5/c1-3-27-15-9-7-13(8-10-15)21-17(23)12-20-18(24)19(25)22-14-5-4-6-16(11-14)26-2/h4-11H,3,12H2,1-2H3,(H,20,24)(H,21,23)(H,22,25). The molecule has 27 heavy (non-hydrogen) atoms. The first-order chi connectivity index (χ1) is 13.0. The first-order valence-corrected chi connectivity index (χ1v) is 8.27. The Morgan fingerprint density at radius 2 is 1.63 bits per heavy atom. The molecule has 0 aliphatic heterocycles. The minimum Gasteiger partial charge on any atom is -0.497 e. The molecule has 0 spiro atoms. The fraction of sp³-hybridized carbons (Fsp3) is 0.211. The number of methoxy groups -OCH3 is 1. The summed E-state index contributed by atoms with van der Waals surface area (Å²) in [4.78, 5) is 35.6. The first kappa shape index (κ1) is 19.8. The maximum absolute atomic E-state index is 11.9. The highest BCUT2D eigenvalue weighted by atomic mass is 16.5. The van der Waals surface area contributed by atoms with Crippen molar-refractivity contribution in [3.8, 4) is 11.5 Å².